The van der Waals surface area contributed by atoms with Crippen molar-refractivity contribution in [2.24, 2.45) is 0 Å². The van der Waals surface area contributed by atoms with Gasteiger partial charge in [-0.1, -0.05) is 6.07 Å². The average Bonchev–Trinajstić information content (AvgIpc) is 3.02. The van der Waals surface area contributed by atoms with E-state index in [2.05, 4.69) is 5.32 Å². The lowest BCUT2D eigenvalue weighted by atomic mass is 9.97. The molecule has 2 fully saturated rings. The first-order valence-electron chi connectivity index (χ1n) is 10.4. The van der Waals surface area contributed by atoms with Crippen LogP contribution in [0.1, 0.15) is 57.9 Å². The third kappa shape index (κ3) is 5.01. The Labute approximate surface area is 172 Å². The molecule has 4 unspecified atom stereocenters. The number of rotatable bonds is 4. The van der Waals surface area contributed by atoms with Crippen LogP contribution in [0.4, 0.5) is 9.18 Å². The molecule has 1 saturated heterocycles. The van der Waals surface area contributed by atoms with Crippen LogP contribution in [0, 0.1) is 5.82 Å². The van der Waals surface area contributed by atoms with Crippen molar-refractivity contribution in [3.63, 3.8) is 0 Å². The van der Waals surface area contributed by atoms with Crippen LogP contribution in [0.25, 0.3) is 0 Å². The van der Waals surface area contributed by atoms with E-state index in [-0.39, 0.29) is 29.3 Å². The molecule has 4 atom stereocenters. The molecule has 162 valence electrons. The van der Waals surface area contributed by atoms with Gasteiger partial charge in [0.15, 0.2) is 11.6 Å². The Morgan fingerprint density at radius 2 is 2.07 bits per heavy atom. The SMILES string of the molecule is COc1cc(C2CC(O)C(OC(=O)N(C3CCCNC3)C(C)(C)C)C2)ccc1F. The first-order chi connectivity index (χ1) is 13.7. The van der Waals surface area contributed by atoms with E-state index in [4.69, 9.17) is 9.47 Å². The van der Waals surface area contributed by atoms with Gasteiger partial charge in [0.05, 0.1) is 13.2 Å². The van der Waals surface area contributed by atoms with Crippen molar-refractivity contribution in [2.75, 3.05) is 20.2 Å². The third-order valence-electron chi connectivity index (χ3n) is 5.93. The molecule has 2 N–H and O–H groups in total. The standard InChI is InChI=1S/C22H33FN2O4/c1-22(2,3)25(16-6-5-9-24-13-16)21(27)29-20-12-15(10-18(20)26)14-7-8-17(23)19(11-14)28-4/h7-8,11,15-16,18,20,24,26H,5-6,9-10,12-13H2,1-4H3. The topological polar surface area (TPSA) is 71.0 Å². The normalized spacial score (nSPS) is 27.5. The minimum absolute atomic E-state index is 0.0169. The molecular weight excluding hydrogens is 375 g/mol. The number of carbonyl (C=O) groups excluding carboxylic acids is 1. The molecule has 0 radical (unpaired) electrons. The number of methoxy groups -OCH3 is 1. The van der Waals surface area contributed by atoms with Gasteiger partial charge in [0.2, 0.25) is 0 Å². The highest BCUT2D eigenvalue weighted by Crippen LogP contribution is 2.38. The van der Waals surface area contributed by atoms with E-state index >= 15 is 0 Å². The number of piperidine rings is 1. The molecule has 7 heteroatoms. The first-order valence-corrected chi connectivity index (χ1v) is 10.4. The summed E-state index contributed by atoms with van der Waals surface area (Å²) in [6.07, 6.45) is 1.22. The summed E-state index contributed by atoms with van der Waals surface area (Å²) in [6, 6.07) is 4.81. The minimum atomic E-state index is -0.744. The number of aliphatic hydroxyl groups is 1. The maximum Gasteiger partial charge on any atom is 0.410 e. The number of halogens is 1. The fourth-order valence-electron chi connectivity index (χ4n) is 4.52. The van der Waals surface area contributed by atoms with Crippen molar-refractivity contribution in [3.8, 4) is 5.75 Å². The van der Waals surface area contributed by atoms with Gasteiger partial charge >= 0.3 is 6.09 Å². The van der Waals surface area contributed by atoms with Crippen molar-refractivity contribution in [1.82, 2.24) is 10.2 Å². The zero-order chi connectivity index (χ0) is 21.2. The van der Waals surface area contributed by atoms with Crippen molar-refractivity contribution in [3.05, 3.63) is 29.6 Å². The summed E-state index contributed by atoms with van der Waals surface area (Å²) in [5.41, 5.74) is 0.499. The number of hydrogen-bond donors (Lipinski definition) is 2. The number of aliphatic hydroxyl groups excluding tert-OH is 1. The van der Waals surface area contributed by atoms with Crippen LogP contribution >= 0.6 is 0 Å². The molecule has 0 spiro atoms. The predicted octanol–water partition coefficient (Wildman–Crippen LogP) is 3.43. The number of ether oxygens (including phenoxy) is 2. The summed E-state index contributed by atoms with van der Waals surface area (Å²) < 4.78 is 24.6. The summed E-state index contributed by atoms with van der Waals surface area (Å²) in [6.45, 7) is 7.72. The van der Waals surface area contributed by atoms with Gasteiger partial charge in [0.1, 0.15) is 6.10 Å². The third-order valence-corrected chi connectivity index (χ3v) is 5.93. The Balaban J connectivity index is 1.69. The van der Waals surface area contributed by atoms with Gasteiger partial charge in [-0.2, -0.15) is 0 Å². The molecule has 1 aromatic carbocycles. The smallest absolute Gasteiger partial charge is 0.410 e. The van der Waals surface area contributed by atoms with E-state index < -0.39 is 18.0 Å². The van der Waals surface area contributed by atoms with Crippen LogP contribution in [0.5, 0.6) is 5.75 Å². The lowest BCUT2D eigenvalue weighted by Gasteiger charge is -2.43. The molecule has 1 heterocycles. The van der Waals surface area contributed by atoms with Crippen molar-refractivity contribution in [2.45, 2.75) is 76.2 Å². The molecule has 1 aromatic rings. The van der Waals surface area contributed by atoms with Gasteiger partial charge in [0, 0.05) is 18.1 Å². The van der Waals surface area contributed by atoms with Crippen LogP contribution in [0.15, 0.2) is 18.2 Å². The molecule has 1 aliphatic carbocycles. The van der Waals surface area contributed by atoms with E-state index in [0.717, 1.165) is 31.5 Å². The van der Waals surface area contributed by atoms with Gasteiger partial charge in [0.25, 0.3) is 0 Å². The Morgan fingerprint density at radius 3 is 2.69 bits per heavy atom. The fraction of sp³-hybridized carbons (Fsp3) is 0.682. The highest BCUT2D eigenvalue weighted by molar-refractivity contribution is 5.69. The lowest BCUT2D eigenvalue weighted by Crippen LogP contribution is -2.57. The monoisotopic (exact) mass is 408 g/mol. The second-order valence-corrected chi connectivity index (χ2v) is 9.09. The average molecular weight is 409 g/mol. The number of nitrogens with zero attached hydrogens (tertiary/aromatic N) is 1. The Kier molecular flexibility index (Phi) is 6.69. The van der Waals surface area contributed by atoms with Gasteiger partial charge in [-0.05, 0) is 76.6 Å². The van der Waals surface area contributed by atoms with Crippen LogP contribution in [0.2, 0.25) is 0 Å². The molecule has 1 amide bonds. The largest absolute Gasteiger partial charge is 0.494 e. The zero-order valence-electron chi connectivity index (χ0n) is 17.8. The second-order valence-electron chi connectivity index (χ2n) is 9.09. The van der Waals surface area contributed by atoms with E-state index in [9.17, 15) is 14.3 Å². The molecular formula is C22H33FN2O4. The highest BCUT2D eigenvalue weighted by Gasteiger charge is 2.41. The first kappa shape index (κ1) is 21.8. The Hall–Kier alpha value is -1.86. The maximum absolute atomic E-state index is 13.7. The van der Waals surface area contributed by atoms with E-state index in [1.54, 1.807) is 17.0 Å². The lowest BCUT2D eigenvalue weighted by molar-refractivity contribution is -0.0196. The molecule has 3 rings (SSSR count). The van der Waals surface area contributed by atoms with Crippen LogP contribution in [-0.2, 0) is 4.74 Å². The summed E-state index contributed by atoms with van der Waals surface area (Å²) in [5.74, 6) is -0.252. The van der Waals surface area contributed by atoms with Crippen molar-refractivity contribution >= 4 is 6.09 Å². The van der Waals surface area contributed by atoms with Gasteiger partial charge in [-0.25, -0.2) is 9.18 Å². The predicted molar refractivity (Wildman–Crippen MR) is 109 cm³/mol. The highest BCUT2D eigenvalue weighted by atomic mass is 19.1. The summed E-state index contributed by atoms with van der Waals surface area (Å²) in [5, 5.41) is 13.9. The quantitative estimate of drug-likeness (QED) is 0.799. The molecule has 1 aliphatic heterocycles. The molecule has 0 aromatic heterocycles. The molecule has 1 saturated carbocycles. The van der Waals surface area contributed by atoms with Gasteiger partial charge < -0.3 is 19.9 Å². The molecule has 0 bridgehead atoms. The zero-order valence-corrected chi connectivity index (χ0v) is 17.8. The van der Waals surface area contributed by atoms with E-state index in [1.807, 2.05) is 20.8 Å². The molecule has 29 heavy (non-hydrogen) atoms. The van der Waals surface area contributed by atoms with E-state index in [1.165, 1.54) is 13.2 Å². The number of hydrogen-bond acceptors (Lipinski definition) is 5. The van der Waals surface area contributed by atoms with Crippen molar-refractivity contribution < 1.29 is 23.8 Å². The number of benzene rings is 1. The van der Waals surface area contributed by atoms with Gasteiger partial charge in [-0.15, -0.1) is 0 Å². The molecule has 6 nitrogen and oxygen atoms in total. The summed E-state index contributed by atoms with van der Waals surface area (Å²) >= 11 is 0. The van der Waals surface area contributed by atoms with Crippen molar-refractivity contribution in [1.29, 1.82) is 0 Å². The van der Waals surface area contributed by atoms with Crippen LogP contribution in [0.3, 0.4) is 0 Å². The van der Waals surface area contributed by atoms with Gasteiger partial charge in [-0.3, -0.25) is 4.90 Å². The summed E-state index contributed by atoms with van der Waals surface area (Å²) in [4.78, 5) is 14.9. The van der Waals surface area contributed by atoms with Crippen LogP contribution in [-0.4, -0.2) is 60.1 Å². The summed E-state index contributed by atoms with van der Waals surface area (Å²) in [7, 11) is 1.43. The molecule has 2 aliphatic rings. The number of amides is 1. The Bertz CT molecular complexity index is 715. The second kappa shape index (κ2) is 8.88. The fourth-order valence-corrected chi connectivity index (χ4v) is 4.52. The maximum atomic E-state index is 13.7. The number of nitrogens with one attached hydrogen (secondary N) is 1. The Morgan fingerprint density at radius 1 is 1.31 bits per heavy atom. The minimum Gasteiger partial charge on any atom is -0.494 e. The van der Waals surface area contributed by atoms with Crippen LogP contribution < -0.4 is 10.1 Å². The number of carbonyl (C=O) groups is 1. The van der Waals surface area contributed by atoms with E-state index in [0.29, 0.717) is 12.8 Å².